The van der Waals surface area contributed by atoms with Crippen LogP contribution in [0.15, 0.2) is 12.2 Å². The molecule has 0 bridgehead atoms. The largest absolute Gasteiger partial charge is 0.319 e. The molecule has 0 aromatic rings. The SMILES string of the molecule is C=C(CCC)C1(CNC)CC1C. The Bertz CT molecular complexity index is 174. The van der Waals surface area contributed by atoms with Gasteiger partial charge in [-0.3, -0.25) is 0 Å². The minimum absolute atomic E-state index is 0.463. The minimum atomic E-state index is 0.463. The molecule has 0 amide bonds. The molecule has 12 heavy (non-hydrogen) atoms. The summed E-state index contributed by atoms with van der Waals surface area (Å²) in [6.07, 6.45) is 3.77. The maximum absolute atomic E-state index is 4.21. The van der Waals surface area contributed by atoms with Crippen molar-refractivity contribution in [2.75, 3.05) is 13.6 Å². The number of nitrogens with one attached hydrogen (secondary N) is 1. The first-order chi connectivity index (χ1) is 5.67. The monoisotopic (exact) mass is 167 g/mol. The summed E-state index contributed by atoms with van der Waals surface area (Å²) < 4.78 is 0. The minimum Gasteiger partial charge on any atom is -0.319 e. The van der Waals surface area contributed by atoms with Gasteiger partial charge in [0.25, 0.3) is 0 Å². The summed E-state index contributed by atoms with van der Waals surface area (Å²) >= 11 is 0. The van der Waals surface area contributed by atoms with Crippen molar-refractivity contribution in [3.63, 3.8) is 0 Å². The molecule has 1 aliphatic carbocycles. The zero-order chi connectivity index (χ0) is 9.19. The molecule has 1 aliphatic rings. The first-order valence-electron chi connectivity index (χ1n) is 5.00. The summed E-state index contributed by atoms with van der Waals surface area (Å²) in [4.78, 5) is 0. The average molecular weight is 167 g/mol. The van der Waals surface area contributed by atoms with Crippen LogP contribution in [0.25, 0.3) is 0 Å². The molecular weight excluding hydrogens is 146 g/mol. The summed E-state index contributed by atoms with van der Waals surface area (Å²) in [6.45, 7) is 9.88. The maximum atomic E-state index is 4.21. The van der Waals surface area contributed by atoms with Gasteiger partial charge in [0.15, 0.2) is 0 Å². The zero-order valence-electron chi connectivity index (χ0n) is 8.61. The fraction of sp³-hybridized carbons (Fsp3) is 0.818. The molecule has 0 heterocycles. The highest BCUT2D eigenvalue weighted by molar-refractivity contribution is 5.22. The van der Waals surface area contributed by atoms with Gasteiger partial charge >= 0.3 is 0 Å². The van der Waals surface area contributed by atoms with Crippen LogP contribution in [-0.2, 0) is 0 Å². The Hall–Kier alpha value is -0.300. The molecule has 0 aromatic heterocycles. The Morgan fingerprint density at radius 2 is 2.25 bits per heavy atom. The highest BCUT2D eigenvalue weighted by atomic mass is 14.9. The van der Waals surface area contributed by atoms with E-state index < -0.39 is 0 Å². The van der Waals surface area contributed by atoms with E-state index in [1.165, 1.54) is 24.8 Å². The molecule has 2 unspecified atom stereocenters. The lowest BCUT2D eigenvalue weighted by Crippen LogP contribution is -2.23. The van der Waals surface area contributed by atoms with Gasteiger partial charge in [-0.1, -0.05) is 32.4 Å². The Kier molecular flexibility index (Phi) is 2.94. The smallest absolute Gasteiger partial charge is 0.00626 e. The molecule has 1 nitrogen and oxygen atoms in total. The van der Waals surface area contributed by atoms with Crippen LogP contribution in [0.3, 0.4) is 0 Å². The number of rotatable bonds is 5. The van der Waals surface area contributed by atoms with Crippen LogP contribution in [0.2, 0.25) is 0 Å². The summed E-state index contributed by atoms with van der Waals surface area (Å²) in [7, 11) is 2.03. The molecule has 0 spiro atoms. The van der Waals surface area contributed by atoms with Gasteiger partial charge in [-0.2, -0.15) is 0 Å². The van der Waals surface area contributed by atoms with Crippen molar-refractivity contribution in [3.05, 3.63) is 12.2 Å². The second-order valence-electron chi connectivity index (χ2n) is 4.15. The summed E-state index contributed by atoms with van der Waals surface area (Å²) in [5, 5.41) is 3.28. The third kappa shape index (κ3) is 1.56. The van der Waals surface area contributed by atoms with Crippen molar-refractivity contribution in [2.45, 2.75) is 33.1 Å². The predicted octanol–water partition coefficient (Wildman–Crippen LogP) is 2.59. The molecule has 2 atom stereocenters. The molecular formula is C11H21N. The fourth-order valence-electron chi connectivity index (χ4n) is 2.22. The molecule has 1 N–H and O–H groups in total. The van der Waals surface area contributed by atoms with Crippen LogP contribution in [0, 0.1) is 11.3 Å². The van der Waals surface area contributed by atoms with E-state index in [0.717, 1.165) is 12.5 Å². The molecule has 0 aromatic carbocycles. The van der Waals surface area contributed by atoms with Gasteiger partial charge in [-0.15, -0.1) is 0 Å². The van der Waals surface area contributed by atoms with Crippen LogP contribution in [-0.4, -0.2) is 13.6 Å². The Balaban J connectivity index is 2.51. The standard InChI is InChI=1S/C11H21N/c1-5-6-9(2)11(8-12-4)7-10(11)3/h10,12H,2,5-8H2,1,3-4H3. The summed E-state index contributed by atoms with van der Waals surface area (Å²) in [5.41, 5.74) is 1.93. The number of hydrogen-bond donors (Lipinski definition) is 1. The third-order valence-corrected chi connectivity index (χ3v) is 3.20. The van der Waals surface area contributed by atoms with Gasteiger partial charge in [0, 0.05) is 12.0 Å². The normalized spacial score (nSPS) is 33.4. The van der Waals surface area contributed by atoms with Crippen LogP contribution < -0.4 is 5.32 Å². The molecule has 1 fully saturated rings. The van der Waals surface area contributed by atoms with E-state index in [-0.39, 0.29) is 0 Å². The van der Waals surface area contributed by atoms with E-state index in [0.29, 0.717) is 5.41 Å². The highest BCUT2D eigenvalue weighted by Gasteiger charge is 2.51. The van der Waals surface area contributed by atoms with Gasteiger partial charge in [0.05, 0.1) is 0 Å². The number of hydrogen-bond acceptors (Lipinski definition) is 1. The molecule has 1 heteroatoms. The van der Waals surface area contributed by atoms with Crippen LogP contribution in [0.4, 0.5) is 0 Å². The van der Waals surface area contributed by atoms with Crippen molar-refractivity contribution in [3.8, 4) is 0 Å². The molecule has 1 saturated carbocycles. The second-order valence-corrected chi connectivity index (χ2v) is 4.15. The molecule has 0 radical (unpaired) electrons. The van der Waals surface area contributed by atoms with Crippen molar-refractivity contribution in [1.82, 2.24) is 5.32 Å². The van der Waals surface area contributed by atoms with Gasteiger partial charge in [-0.25, -0.2) is 0 Å². The lowest BCUT2D eigenvalue weighted by Gasteiger charge is -2.18. The predicted molar refractivity (Wildman–Crippen MR) is 54.2 cm³/mol. The van der Waals surface area contributed by atoms with E-state index in [1.54, 1.807) is 0 Å². The van der Waals surface area contributed by atoms with Crippen molar-refractivity contribution in [2.24, 2.45) is 11.3 Å². The lowest BCUT2D eigenvalue weighted by atomic mass is 9.91. The Labute approximate surface area is 76.2 Å². The first kappa shape index (κ1) is 9.79. The van der Waals surface area contributed by atoms with Gasteiger partial charge in [0.1, 0.15) is 0 Å². The van der Waals surface area contributed by atoms with Crippen molar-refractivity contribution in [1.29, 1.82) is 0 Å². The second kappa shape index (κ2) is 3.61. The molecule has 0 aliphatic heterocycles. The fourth-order valence-corrected chi connectivity index (χ4v) is 2.22. The van der Waals surface area contributed by atoms with E-state index >= 15 is 0 Å². The topological polar surface area (TPSA) is 12.0 Å². The van der Waals surface area contributed by atoms with Gasteiger partial charge < -0.3 is 5.32 Å². The van der Waals surface area contributed by atoms with Gasteiger partial charge in [-0.05, 0) is 25.8 Å². The highest BCUT2D eigenvalue weighted by Crippen LogP contribution is 2.57. The van der Waals surface area contributed by atoms with E-state index in [4.69, 9.17) is 0 Å². The van der Waals surface area contributed by atoms with Crippen LogP contribution >= 0.6 is 0 Å². The Morgan fingerprint density at radius 3 is 2.58 bits per heavy atom. The van der Waals surface area contributed by atoms with E-state index in [9.17, 15) is 0 Å². The van der Waals surface area contributed by atoms with Gasteiger partial charge in [0.2, 0.25) is 0 Å². The Morgan fingerprint density at radius 1 is 1.67 bits per heavy atom. The van der Waals surface area contributed by atoms with E-state index in [2.05, 4.69) is 25.7 Å². The zero-order valence-corrected chi connectivity index (χ0v) is 8.61. The lowest BCUT2D eigenvalue weighted by molar-refractivity contribution is 0.499. The quantitative estimate of drug-likeness (QED) is 0.621. The molecule has 0 saturated heterocycles. The van der Waals surface area contributed by atoms with Crippen molar-refractivity contribution < 1.29 is 0 Å². The third-order valence-electron chi connectivity index (χ3n) is 3.20. The van der Waals surface area contributed by atoms with Crippen LogP contribution in [0.5, 0.6) is 0 Å². The van der Waals surface area contributed by atoms with Crippen molar-refractivity contribution >= 4 is 0 Å². The molecule has 70 valence electrons. The van der Waals surface area contributed by atoms with E-state index in [1.807, 2.05) is 7.05 Å². The first-order valence-corrected chi connectivity index (χ1v) is 5.00. The molecule has 1 rings (SSSR count). The maximum Gasteiger partial charge on any atom is 0.00626 e. The summed E-state index contributed by atoms with van der Waals surface area (Å²) in [5.74, 6) is 0.851. The summed E-state index contributed by atoms with van der Waals surface area (Å²) in [6, 6.07) is 0. The average Bonchev–Trinajstić information content (AvgIpc) is 2.64. The van der Waals surface area contributed by atoms with Crippen LogP contribution in [0.1, 0.15) is 33.1 Å².